The Hall–Kier alpha value is -4.29. The maximum absolute atomic E-state index is 13.1. The molecule has 0 spiro atoms. The van der Waals surface area contributed by atoms with Crippen LogP contribution in [0.2, 0.25) is 0 Å². The first-order valence-corrected chi connectivity index (χ1v) is 13.7. The van der Waals surface area contributed by atoms with Crippen molar-refractivity contribution in [1.29, 1.82) is 0 Å². The number of alkyl halides is 3. The Morgan fingerprint density at radius 1 is 1.05 bits per heavy atom. The van der Waals surface area contributed by atoms with Gasteiger partial charge in [-0.2, -0.15) is 18.3 Å². The number of amides is 1. The van der Waals surface area contributed by atoms with E-state index in [9.17, 15) is 23.1 Å². The van der Waals surface area contributed by atoms with E-state index in [1.165, 1.54) is 18.5 Å². The van der Waals surface area contributed by atoms with Gasteiger partial charge in [-0.1, -0.05) is 12.1 Å². The number of halogens is 3. The Morgan fingerprint density at radius 3 is 2.60 bits per heavy atom. The molecule has 42 heavy (non-hydrogen) atoms. The van der Waals surface area contributed by atoms with Gasteiger partial charge < -0.3 is 20.6 Å². The smallest absolute Gasteiger partial charge is 0.393 e. The molecule has 0 radical (unpaired) electrons. The van der Waals surface area contributed by atoms with Gasteiger partial charge in [0.15, 0.2) is 5.82 Å². The number of nitrogens with zero attached hydrogens (tertiary/aromatic N) is 5. The second-order valence-corrected chi connectivity index (χ2v) is 10.4. The van der Waals surface area contributed by atoms with Crippen LogP contribution in [0.25, 0.3) is 17.1 Å². The lowest BCUT2D eigenvalue weighted by atomic mass is 10.0. The molecule has 0 aliphatic carbocycles. The molecular formula is C30H32F3N7O2. The van der Waals surface area contributed by atoms with Crippen LogP contribution in [0, 0.1) is 13.8 Å². The highest BCUT2D eigenvalue weighted by Gasteiger charge is 2.31. The van der Waals surface area contributed by atoms with Crippen molar-refractivity contribution in [3.8, 4) is 17.1 Å². The maximum atomic E-state index is 13.1. The molecular weight excluding hydrogens is 547 g/mol. The van der Waals surface area contributed by atoms with E-state index in [1.54, 1.807) is 16.8 Å². The number of anilines is 2. The third kappa shape index (κ3) is 6.94. The number of aryl methyl sites for hydroxylation is 2. The van der Waals surface area contributed by atoms with Crippen molar-refractivity contribution in [2.75, 3.05) is 36.8 Å². The van der Waals surface area contributed by atoms with Gasteiger partial charge in [0.05, 0.1) is 23.1 Å². The molecule has 1 amide bonds. The Balaban J connectivity index is 1.34. The van der Waals surface area contributed by atoms with Crippen molar-refractivity contribution in [3.05, 3.63) is 83.3 Å². The summed E-state index contributed by atoms with van der Waals surface area (Å²) in [4.78, 5) is 23.9. The highest BCUT2D eigenvalue weighted by atomic mass is 19.4. The molecule has 9 nitrogen and oxygen atoms in total. The Bertz CT molecular complexity index is 1560. The summed E-state index contributed by atoms with van der Waals surface area (Å²) in [6.45, 7) is 7.04. The fourth-order valence-electron chi connectivity index (χ4n) is 4.93. The number of carbonyl (C=O) groups excluding carboxylic acids is 1. The van der Waals surface area contributed by atoms with Gasteiger partial charge in [0.25, 0.3) is 5.91 Å². The molecule has 1 aliphatic rings. The largest absolute Gasteiger partial charge is 0.416 e. The van der Waals surface area contributed by atoms with E-state index < -0.39 is 17.6 Å². The number of piperidine rings is 1. The molecule has 4 aromatic rings. The number of benzene rings is 2. The molecule has 0 unspecified atom stereocenters. The predicted octanol–water partition coefficient (Wildman–Crippen LogP) is 5.09. The zero-order chi connectivity index (χ0) is 29.9. The predicted molar refractivity (Wildman–Crippen MR) is 154 cm³/mol. The number of nitrogens with one attached hydrogen (secondary N) is 2. The minimum Gasteiger partial charge on any atom is -0.393 e. The van der Waals surface area contributed by atoms with Gasteiger partial charge in [-0.25, -0.2) is 14.6 Å². The Kier molecular flexibility index (Phi) is 8.55. The monoisotopic (exact) mass is 579 g/mol. The van der Waals surface area contributed by atoms with Crippen molar-refractivity contribution in [2.24, 2.45) is 0 Å². The first kappa shape index (κ1) is 29.2. The van der Waals surface area contributed by atoms with Crippen molar-refractivity contribution < 1.29 is 23.1 Å². The van der Waals surface area contributed by atoms with Crippen LogP contribution in [0.4, 0.5) is 24.7 Å². The van der Waals surface area contributed by atoms with Crippen molar-refractivity contribution >= 4 is 17.4 Å². The zero-order valence-corrected chi connectivity index (χ0v) is 23.3. The van der Waals surface area contributed by atoms with Crippen LogP contribution in [0.5, 0.6) is 0 Å². The summed E-state index contributed by atoms with van der Waals surface area (Å²) in [6.07, 6.45) is -1.71. The van der Waals surface area contributed by atoms with Crippen LogP contribution in [-0.4, -0.2) is 67.9 Å². The molecule has 0 bridgehead atoms. The molecule has 220 valence electrons. The lowest BCUT2D eigenvalue weighted by molar-refractivity contribution is -0.137. The summed E-state index contributed by atoms with van der Waals surface area (Å²) in [5.74, 6) is 0.553. The molecule has 5 rings (SSSR count). The van der Waals surface area contributed by atoms with E-state index in [0.717, 1.165) is 67.1 Å². The fraction of sp³-hybridized carbons (Fsp3) is 0.333. The number of hydrogen-bond acceptors (Lipinski definition) is 7. The normalized spacial score (nSPS) is 14.6. The molecule has 1 aliphatic heterocycles. The summed E-state index contributed by atoms with van der Waals surface area (Å²) in [5, 5.41) is 20.4. The van der Waals surface area contributed by atoms with Crippen LogP contribution in [0.1, 0.15) is 40.0 Å². The number of aromatic nitrogens is 4. The zero-order valence-electron chi connectivity index (χ0n) is 23.3. The number of likely N-dealkylation sites (tertiary alicyclic amines) is 1. The van der Waals surface area contributed by atoms with E-state index in [2.05, 4.69) is 30.6 Å². The SMILES string of the molecule is Cc1cc(-c2cc(NC(=O)c3cccc(C(F)(F)F)c3)ccc2C)n(-c2cc(NCCN3CCC(O)CC3)ncn2)n1. The van der Waals surface area contributed by atoms with E-state index in [4.69, 9.17) is 0 Å². The lowest BCUT2D eigenvalue weighted by Crippen LogP contribution is -2.38. The van der Waals surface area contributed by atoms with Gasteiger partial charge in [0, 0.05) is 49.1 Å². The Labute approximate surface area is 241 Å². The summed E-state index contributed by atoms with van der Waals surface area (Å²) in [5.41, 5.74) is 2.62. The molecule has 2 aromatic heterocycles. The third-order valence-corrected chi connectivity index (χ3v) is 7.22. The number of carbonyl (C=O) groups is 1. The highest BCUT2D eigenvalue weighted by molar-refractivity contribution is 6.04. The van der Waals surface area contributed by atoms with Crippen LogP contribution < -0.4 is 10.6 Å². The van der Waals surface area contributed by atoms with Crippen LogP contribution >= 0.6 is 0 Å². The lowest BCUT2D eigenvalue weighted by Gasteiger charge is -2.29. The van der Waals surface area contributed by atoms with Crippen molar-refractivity contribution in [1.82, 2.24) is 24.6 Å². The summed E-state index contributed by atoms with van der Waals surface area (Å²) in [6, 6.07) is 13.3. The molecule has 1 fully saturated rings. The molecule has 12 heteroatoms. The average molecular weight is 580 g/mol. The first-order valence-electron chi connectivity index (χ1n) is 13.7. The highest BCUT2D eigenvalue weighted by Crippen LogP contribution is 2.31. The molecule has 3 heterocycles. The minimum absolute atomic E-state index is 0.0910. The molecule has 2 aromatic carbocycles. The Morgan fingerprint density at radius 2 is 1.83 bits per heavy atom. The van der Waals surface area contributed by atoms with Gasteiger partial charge >= 0.3 is 6.18 Å². The van der Waals surface area contributed by atoms with Crippen LogP contribution in [0.15, 0.2) is 60.9 Å². The first-order chi connectivity index (χ1) is 20.1. The van der Waals surface area contributed by atoms with Crippen molar-refractivity contribution in [2.45, 2.75) is 39.0 Å². The number of aliphatic hydroxyl groups is 1. The van der Waals surface area contributed by atoms with Gasteiger partial charge in [0.1, 0.15) is 12.1 Å². The topological polar surface area (TPSA) is 108 Å². The third-order valence-electron chi connectivity index (χ3n) is 7.22. The summed E-state index contributed by atoms with van der Waals surface area (Å²) < 4.78 is 41.1. The van der Waals surface area contributed by atoms with Gasteiger partial charge in [-0.05, 0) is 68.7 Å². The second kappa shape index (κ2) is 12.3. The minimum atomic E-state index is -4.54. The average Bonchev–Trinajstić information content (AvgIpc) is 3.36. The van der Waals surface area contributed by atoms with Crippen LogP contribution in [-0.2, 0) is 6.18 Å². The van der Waals surface area contributed by atoms with E-state index in [0.29, 0.717) is 23.9 Å². The van der Waals surface area contributed by atoms with Gasteiger partial charge in [-0.15, -0.1) is 0 Å². The quantitative estimate of drug-likeness (QED) is 0.267. The molecule has 0 saturated carbocycles. The summed E-state index contributed by atoms with van der Waals surface area (Å²) in [7, 11) is 0. The molecule has 1 saturated heterocycles. The van der Waals surface area contributed by atoms with Crippen molar-refractivity contribution in [3.63, 3.8) is 0 Å². The number of rotatable bonds is 8. The van der Waals surface area contributed by atoms with Crippen LogP contribution in [0.3, 0.4) is 0 Å². The van der Waals surface area contributed by atoms with Gasteiger partial charge in [-0.3, -0.25) is 4.79 Å². The molecule has 3 N–H and O–H groups in total. The fourth-order valence-corrected chi connectivity index (χ4v) is 4.93. The van der Waals surface area contributed by atoms with E-state index in [-0.39, 0.29) is 11.7 Å². The number of hydrogen-bond donors (Lipinski definition) is 3. The number of aliphatic hydroxyl groups excluding tert-OH is 1. The standard InChI is InChI=1S/C30H32F3N7O2/c1-19-6-7-23(37-29(42)21-4-3-5-22(15-21)30(31,32)33)16-25(19)26-14-20(2)38-40(26)28-17-27(35-18-36-28)34-10-13-39-11-8-24(41)9-12-39/h3-7,14-18,24,41H,8-13H2,1-2H3,(H,37,42)(H,34,35,36). The summed E-state index contributed by atoms with van der Waals surface area (Å²) >= 11 is 0. The maximum Gasteiger partial charge on any atom is 0.416 e. The second-order valence-electron chi connectivity index (χ2n) is 10.4. The van der Waals surface area contributed by atoms with Gasteiger partial charge in [0.2, 0.25) is 0 Å². The van der Waals surface area contributed by atoms with E-state index >= 15 is 0 Å². The molecule has 0 atom stereocenters. The van der Waals surface area contributed by atoms with E-state index in [1.807, 2.05) is 32.0 Å².